The van der Waals surface area contributed by atoms with Gasteiger partial charge >= 0.3 is 6.18 Å². The first-order chi connectivity index (χ1) is 21.1. The average Bonchev–Trinajstić information content (AvgIpc) is 3.72. The van der Waals surface area contributed by atoms with Gasteiger partial charge in [0.1, 0.15) is 17.0 Å². The van der Waals surface area contributed by atoms with Crippen molar-refractivity contribution in [3.63, 3.8) is 0 Å². The van der Waals surface area contributed by atoms with Gasteiger partial charge in [-0.15, -0.1) is 0 Å². The Bertz CT molecular complexity index is 1810. The Hall–Kier alpha value is -3.65. The summed E-state index contributed by atoms with van der Waals surface area (Å²) < 4.78 is 65.5. The number of nitrogens with zero attached hydrogens (tertiary/aromatic N) is 3. The smallest absolute Gasteiger partial charge is 0.424 e. The highest BCUT2D eigenvalue weighted by molar-refractivity contribution is 6.36. The van der Waals surface area contributed by atoms with Gasteiger partial charge in [-0.05, 0) is 50.1 Å². The number of primary amides is 1. The second-order valence-electron chi connectivity index (χ2n) is 10.5. The first-order valence-corrected chi connectivity index (χ1v) is 14.6. The quantitative estimate of drug-likeness (QED) is 0.136. The van der Waals surface area contributed by atoms with E-state index in [-0.39, 0.29) is 45.8 Å². The molecule has 1 atom stereocenters. The molecule has 238 valence electrons. The average molecular weight is 689 g/mol. The molecule has 4 aromatic rings. The van der Waals surface area contributed by atoms with Gasteiger partial charge in [0.2, 0.25) is 11.5 Å². The summed E-state index contributed by atoms with van der Waals surface area (Å²) in [5.41, 5.74) is 0.326. The molecule has 2 aromatic carbocycles. The Morgan fingerprint density at radius 3 is 2.36 bits per heavy atom. The third-order valence-electron chi connectivity index (χ3n) is 7.12. The van der Waals surface area contributed by atoms with Crippen molar-refractivity contribution in [2.75, 3.05) is 13.2 Å². The Morgan fingerprint density at radius 1 is 1.11 bits per heavy atom. The number of carbonyl (C=O) groups excluding carboxylic acids is 2. The van der Waals surface area contributed by atoms with Crippen LogP contribution >= 0.6 is 34.8 Å². The molecule has 1 aliphatic carbocycles. The molecule has 9 nitrogen and oxygen atoms in total. The molecule has 0 unspecified atom stereocenters. The van der Waals surface area contributed by atoms with E-state index in [9.17, 15) is 32.3 Å². The van der Waals surface area contributed by atoms with E-state index in [4.69, 9.17) is 45.3 Å². The fourth-order valence-corrected chi connectivity index (χ4v) is 5.48. The van der Waals surface area contributed by atoms with Crippen molar-refractivity contribution < 1.29 is 37.0 Å². The van der Waals surface area contributed by atoms with Crippen LogP contribution in [-0.2, 0) is 16.8 Å². The Balaban J connectivity index is 1.57. The first-order valence-electron chi connectivity index (χ1n) is 13.5. The molecule has 0 spiro atoms. The molecule has 45 heavy (non-hydrogen) atoms. The number of alkyl halides is 3. The van der Waals surface area contributed by atoms with Crippen molar-refractivity contribution in [3.05, 3.63) is 74.2 Å². The van der Waals surface area contributed by atoms with Crippen LogP contribution in [0.25, 0.3) is 22.2 Å². The molecule has 16 heteroatoms. The molecule has 1 aliphatic rings. The summed E-state index contributed by atoms with van der Waals surface area (Å²) >= 11 is 18.2. The number of benzene rings is 2. The molecule has 0 radical (unpaired) electrons. The number of nitrogens with two attached hydrogens (primary N) is 1. The van der Waals surface area contributed by atoms with Crippen molar-refractivity contribution in [2.45, 2.75) is 44.0 Å². The van der Waals surface area contributed by atoms with Gasteiger partial charge in [0, 0.05) is 28.3 Å². The monoisotopic (exact) mass is 687 g/mol. The number of ether oxygens (including phenoxy) is 1. The van der Waals surface area contributed by atoms with Crippen LogP contribution in [0, 0.1) is 5.82 Å². The fraction of sp³-hybridized carbons (Fsp3) is 0.310. The zero-order valence-electron chi connectivity index (χ0n) is 23.3. The van der Waals surface area contributed by atoms with Crippen molar-refractivity contribution in [1.82, 2.24) is 20.1 Å². The van der Waals surface area contributed by atoms with Gasteiger partial charge in [0.05, 0.1) is 46.4 Å². The summed E-state index contributed by atoms with van der Waals surface area (Å²) in [7, 11) is 0. The number of aromatic nitrogens is 3. The number of amides is 2. The molecule has 0 bridgehead atoms. The van der Waals surface area contributed by atoms with E-state index in [1.165, 1.54) is 12.1 Å². The summed E-state index contributed by atoms with van der Waals surface area (Å²) in [6.07, 6.45) is -2.45. The van der Waals surface area contributed by atoms with E-state index >= 15 is 0 Å². The van der Waals surface area contributed by atoms with Gasteiger partial charge in [0.15, 0.2) is 5.82 Å². The molecule has 5 rings (SSSR count). The van der Waals surface area contributed by atoms with Crippen LogP contribution in [0.4, 0.5) is 17.6 Å². The minimum Gasteiger partial charge on any atom is -0.491 e. The van der Waals surface area contributed by atoms with Crippen molar-refractivity contribution in [2.24, 2.45) is 5.73 Å². The topological polar surface area (TPSA) is 132 Å². The number of pyridine rings is 1. The molecule has 2 heterocycles. The second kappa shape index (κ2) is 12.3. The maximum Gasteiger partial charge on any atom is 0.424 e. The van der Waals surface area contributed by atoms with E-state index in [1.807, 2.05) is 0 Å². The fourth-order valence-electron chi connectivity index (χ4n) is 4.72. The maximum absolute atomic E-state index is 14.7. The van der Waals surface area contributed by atoms with Crippen LogP contribution < -0.4 is 15.8 Å². The third kappa shape index (κ3) is 6.53. The first kappa shape index (κ1) is 32.7. The molecular formula is C29H24Cl3F4N5O4. The number of fused-ring (bicyclic) bond motifs is 1. The van der Waals surface area contributed by atoms with Crippen LogP contribution in [-0.4, -0.2) is 51.0 Å². The molecule has 4 N–H and O–H groups in total. The van der Waals surface area contributed by atoms with Gasteiger partial charge in [0.25, 0.3) is 5.91 Å². The van der Waals surface area contributed by atoms with Gasteiger partial charge < -0.3 is 20.9 Å². The predicted octanol–water partition coefficient (Wildman–Crippen LogP) is 6.14. The van der Waals surface area contributed by atoms with Crippen LogP contribution in [0.1, 0.15) is 47.4 Å². The summed E-state index contributed by atoms with van der Waals surface area (Å²) in [5, 5.41) is 17.4. The van der Waals surface area contributed by atoms with Crippen LogP contribution in [0.15, 0.2) is 36.5 Å². The number of halogens is 7. The minimum atomic E-state index is -5.41. The summed E-state index contributed by atoms with van der Waals surface area (Å²) in [5.74, 6) is -3.06. The summed E-state index contributed by atoms with van der Waals surface area (Å²) in [6.45, 7) is 0.153. The minimum absolute atomic E-state index is 0.0193. The highest BCUT2D eigenvalue weighted by Crippen LogP contribution is 2.43. The van der Waals surface area contributed by atoms with E-state index in [1.54, 1.807) is 17.8 Å². The lowest BCUT2D eigenvalue weighted by atomic mass is 9.93. The number of carbonyl (C=O) groups is 2. The Labute approximate surface area is 268 Å². The summed E-state index contributed by atoms with van der Waals surface area (Å²) in [6, 6.07) is 5.81. The third-order valence-corrected chi connectivity index (χ3v) is 7.96. The van der Waals surface area contributed by atoms with Crippen LogP contribution in [0.5, 0.6) is 5.75 Å². The molecular weight excluding hydrogens is 665 g/mol. The predicted molar refractivity (Wildman–Crippen MR) is 159 cm³/mol. The number of rotatable bonds is 10. The van der Waals surface area contributed by atoms with Crippen LogP contribution in [0.3, 0.4) is 0 Å². The van der Waals surface area contributed by atoms with Crippen LogP contribution in [0.2, 0.25) is 15.1 Å². The largest absolute Gasteiger partial charge is 0.491 e. The number of hydrogen-bond acceptors (Lipinski definition) is 6. The number of nitrogens with one attached hydrogen (secondary N) is 1. The zero-order chi connectivity index (χ0) is 32.8. The molecule has 0 aliphatic heterocycles. The SMILES string of the molecule is CCOc1c(CC(N)=O)cc([C@@](O)(CNC(=O)c2cc(Cl)c3nn(C4CC4)cc3c2)C(F)(F)F)nc1-c1cc(Cl)c(F)c(Cl)c1. The zero-order valence-corrected chi connectivity index (χ0v) is 25.6. The maximum atomic E-state index is 14.7. The Morgan fingerprint density at radius 2 is 1.78 bits per heavy atom. The highest BCUT2D eigenvalue weighted by Gasteiger charge is 2.57. The lowest BCUT2D eigenvalue weighted by Gasteiger charge is -2.31. The van der Waals surface area contributed by atoms with Gasteiger partial charge in [-0.25, -0.2) is 9.37 Å². The standard InChI is InChI=1S/C29H24Cl3F4N5O4/c1-2-45-26-14(10-22(37)42)9-21(39-25(26)13-6-18(30)23(33)19(31)7-13)28(44,29(34,35)36)12-38-27(43)15-5-16-11-41(17-3-4-17)40-24(16)20(32)8-15/h5-9,11,17,44H,2-4,10,12H2,1H3,(H2,37,42)(H,38,43)/t28-/m0/s1. The van der Waals surface area contributed by atoms with Gasteiger partial charge in [-0.1, -0.05) is 34.8 Å². The molecule has 0 saturated heterocycles. The van der Waals surface area contributed by atoms with E-state index in [0.717, 1.165) is 31.0 Å². The normalized spacial score (nSPS) is 14.8. The lowest BCUT2D eigenvalue weighted by molar-refractivity contribution is -0.265. The van der Waals surface area contributed by atoms with Crippen molar-refractivity contribution in [1.29, 1.82) is 0 Å². The molecule has 2 aromatic heterocycles. The van der Waals surface area contributed by atoms with E-state index in [2.05, 4.69) is 15.4 Å². The second-order valence-corrected chi connectivity index (χ2v) is 11.7. The molecule has 1 fully saturated rings. The van der Waals surface area contributed by atoms with E-state index < -0.39 is 58.1 Å². The van der Waals surface area contributed by atoms with Gasteiger partial charge in [-0.3, -0.25) is 14.3 Å². The number of hydrogen-bond donors (Lipinski definition) is 3. The van der Waals surface area contributed by atoms with E-state index in [0.29, 0.717) is 10.9 Å². The molecule has 1 saturated carbocycles. The summed E-state index contributed by atoms with van der Waals surface area (Å²) in [4.78, 5) is 29.1. The van der Waals surface area contributed by atoms with Crippen molar-refractivity contribution in [3.8, 4) is 17.0 Å². The highest BCUT2D eigenvalue weighted by atomic mass is 35.5. The lowest BCUT2D eigenvalue weighted by Crippen LogP contribution is -2.51. The Kier molecular flexibility index (Phi) is 8.93. The van der Waals surface area contributed by atoms with Gasteiger partial charge in [-0.2, -0.15) is 18.3 Å². The molecule has 2 amide bonds. The van der Waals surface area contributed by atoms with Crippen molar-refractivity contribution >= 4 is 57.5 Å². The number of aliphatic hydroxyl groups is 1.